The largest absolute Gasteiger partial charge is 0.393 e. The van der Waals surface area contributed by atoms with E-state index in [0.29, 0.717) is 16.7 Å². The molecule has 0 aromatic rings. The molecule has 0 heterocycles. The summed E-state index contributed by atoms with van der Waals surface area (Å²) in [5, 5.41) is 10.2. The lowest BCUT2D eigenvalue weighted by atomic mass is 9.47. The first-order valence-electron chi connectivity index (χ1n) is 13.3. The Morgan fingerprint density at radius 1 is 1.03 bits per heavy atom. The van der Waals surface area contributed by atoms with E-state index in [-0.39, 0.29) is 6.10 Å². The third kappa shape index (κ3) is 3.66. The topological polar surface area (TPSA) is 20.2 Å². The number of hydrogen-bond acceptors (Lipinski definition) is 1. The van der Waals surface area contributed by atoms with Crippen LogP contribution < -0.4 is 0 Å². The highest BCUT2D eigenvalue weighted by Crippen LogP contribution is 2.67. The Kier molecular flexibility index (Phi) is 6.35. The first kappa shape index (κ1) is 22.6. The summed E-state index contributed by atoms with van der Waals surface area (Å²) < 4.78 is 0. The molecule has 1 unspecified atom stereocenters. The highest BCUT2D eigenvalue weighted by Gasteiger charge is 2.58. The van der Waals surface area contributed by atoms with Crippen LogP contribution in [-0.2, 0) is 0 Å². The van der Waals surface area contributed by atoms with E-state index in [9.17, 15) is 5.11 Å². The normalized spacial score (nSPS) is 45.6. The molecule has 4 rings (SSSR count). The molecule has 0 aliphatic heterocycles. The Balaban J connectivity index is 1.52. The van der Waals surface area contributed by atoms with Gasteiger partial charge in [0.05, 0.1) is 6.10 Å². The van der Waals surface area contributed by atoms with Crippen LogP contribution >= 0.6 is 0 Å². The van der Waals surface area contributed by atoms with E-state index in [0.717, 1.165) is 48.3 Å². The Labute approximate surface area is 186 Å². The summed E-state index contributed by atoms with van der Waals surface area (Å²) in [6, 6.07) is 0. The van der Waals surface area contributed by atoms with Gasteiger partial charge in [-0.3, -0.25) is 0 Å². The first-order chi connectivity index (χ1) is 14.2. The van der Waals surface area contributed by atoms with Crippen LogP contribution in [0.4, 0.5) is 0 Å². The molecule has 30 heavy (non-hydrogen) atoms. The van der Waals surface area contributed by atoms with E-state index >= 15 is 0 Å². The Hall–Kier alpha value is -0.560. The van der Waals surface area contributed by atoms with Gasteiger partial charge < -0.3 is 5.11 Å². The van der Waals surface area contributed by atoms with Gasteiger partial charge in [-0.2, -0.15) is 0 Å². The van der Waals surface area contributed by atoms with Crippen molar-refractivity contribution in [2.75, 3.05) is 0 Å². The molecule has 0 radical (unpaired) electrons. The van der Waals surface area contributed by atoms with Crippen LogP contribution in [0.5, 0.6) is 0 Å². The van der Waals surface area contributed by atoms with E-state index in [4.69, 9.17) is 0 Å². The van der Waals surface area contributed by atoms with Crippen molar-refractivity contribution in [3.8, 4) is 0 Å². The average molecular weight is 413 g/mol. The van der Waals surface area contributed by atoms with Gasteiger partial charge in [0, 0.05) is 0 Å². The molecule has 0 bridgehead atoms. The summed E-state index contributed by atoms with van der Waals surface area (Å²) in [4.78, 5) is 0. The van der Waals surface area contributed by atoms with Crippen LogP contribution in [0.3, 0.4) is 0 Å². The number of hydrogen-bond donors (Lipinski definition) is 1. The van der Waals surface area contributed by atoms with E-state index < -0.39 is 0 Å². The maximum Gasteiger partial charge on any atom is 0.0577 e. The van der Waals surface area contributed by atoms with Crippen LogP contribution in [0, 0.1) is 52.3 Å². The number of aliphatic hydroxyl groups is 1. The lowest BCUT2D eigenvalue weighted by Gasteiger charge is -2.58. The molecule has 1 heteroatoms. The molecular formula is C29H48O. The van der Waals surface area contributed by atoms with Crippen LogP contribution in [0.25, 0.3) is 0 Å². The molecule has 4 aliphatic rings. The number of rotatable bonds is 5. The van der Waals surface area contributed by atoms with Crippen molar-refractivity contribution < 1.29 is 5.11 Å². The zero-order valence-corrected chi connectivity index (χ0v) is 20.7. The van der Waals surface area contributed by atoms with Crippen LogP contribution in [0.2, 0.25) is 0 Å². The van der Waals surface area contributed by atoms with Crippen LogP contribution in [0.1, 0.15) is 99.3 Å². The highest BCUT2D eigenvalue weighted by molar-refractivity contribution is 5.25. The third-order valence-corrected chi connectivity index (χ3v) is 10.8. The van der Waals surface area contributed by atoms with Crippen molar-refractivity contribution in [2.45, 2.75) is 105 Å². The fraction of sp³-hybridized carbons (Fsp3) is 0.862. The SMILES string of the molecule is CC[C@H](/C=C/[C@@H](C)[C@H]1CC[C@H]2[C@@H]3CC=C4C[C@@H](O)CCC4(C)[C@H]3CC[C@]12C)C(C)C. The lowest BCUT2D eigenvalue weighted by molar-refractivity contribution is -0.0540. The van der Waals surface area contributed by atoms with E-state index in [2.05, 4.69) is 59.8 Å². The zero-order valence-electron chi connectivity index (χ0n) is 20.7. The Morgan fingerprint density at radius 3 is 2.50 bits per heavy atom. The fourth-order valence-corrected chi connectivity index (χ4v) is 8.83. The number of fused-ring (bicyclic) bond motifs is 5. The second-order valence-corrected chi connectivity index (χ2v) is 12.4. The number of allylic oxidation sites excluding steroid dienone is 3. The first-order valence-corrected chi connectivity index (χ1v) is 13.3. The van der Waals surface area contributed by atoms with Gasteiger partial charge in [0.1, 0.15) is 0 Å². The molecule has 3 fully saturated rings. The summed E-state index contributed by atoms with van der Waals surface area (Å²) in [6.45, 7) is 14.8. The minimum Gasteiger partial charge on any atom is -0.393 e. The van der Waals surface area contributed by atoms with Gasteiger partial charge in [0.2, 0.25) is 0 Å². The molecule has 0 aromatic heterocycles. The lowest BCUT2D eigenvalue weighted by Crippen LogP contribution is -2.50. The molecular weight excluding hydrogens is 364 g/mol. The molecule has 9 atom stereocenters. The van der Waals surface area contributed by atoms with Crippen molar-refractivity contribution in [1.29, 1.82) is 0 Å². The average Bonchev–Trinajstić information content (AvgIpc) is 3.06. The summed E-state index contributed by atoms with van der Waals surface area (Å²) in [6.07, 6.45) is 19.1. The Bertz CT molecular complexity index is 674. The summed E-state index contributed by atoms with van der Waals surface area (Å²) in [7, 11) is 0. The predicted molar refractivity (Wildman–Crippen MR) is 128 cm³/mol. The van der Waals surface area contributed by atoms with Gasteiger partial charge in [-0.1, -0.05) is 65.3 Å². The third-order valence-electron chi connectivity index (χ3n) is 10.8. The van der Waals surface area contributed by atoms with E-state index in [1.54, 1.807) is 5.57 Å². The minimum atomic E-state index is -0.0870. The molecule has 1 N–H and O–H groups in total. The van der Waals surface area contributed by atoms with Gasteiger partial charge >= 0.3 is 0 Å². The monoisotopic (exact) mass is 412 g/mol. The maximum atomic E-state index is 10.2. The van der Waals surface area contributed by atoms with Crippen LogP contribution in [0.15, 0.2) is 23.8 Å². The van der Waals surface area contributed by atoms with Gasteiger partial charge in [-0.05, 0) is 110 Å². The van der Waals surface area contributed by atoms with Crippen LogP contribution in [-0.4, -0.2) is 11.2 Å². The summed E-state index contributed by atoms with van der Waals surface area (Å²) >= 11 is 0. The highest BCUT2D eigenvalue weighted by atomic mass is 16.3. The Morgan fingerprint density at radius 2 is 1.80 bits per heavy atom. The standard InChI is InChI=1S/C29H48O/c1-7-21(19(2)3)9-8-20(4)25-12-13-26-24-11-10-22-18-23(30)14-16-28(22,5)27(24)15-17-29(25,26)6/h8-10,19-21,23-27,30H,7,11-18H2,1-6H3/b9-8+/t20-,21-,23+,24+,25-,26+,27+,28?,29-/m1/s1. The molecule has 3 saturated carbocycles. The van der Waals surface area contributed by atoms with E-state index in [1.807, 2.05) is 0 Å². The summed E-state index contributed by atoms with van der Waals surface area (Å²) in [5.74, 6) is 5.70. The zero-order chi connectivity index (χ0) is 21.7. The number of aliphatic hydroxyl groups excluding tert-OH is 1. The van der Waals surface area contributed by atoms with Gasteiger partial charge in [0.25, 0.3) is 0 Å². The van der Waals surface area contributed by atoms with Gasteiger partial charge in [-0.25, -0.2) is 0 Å². The molecule has 0 spiro atoms. The fourth-order valence-electron chi connectivity index (χ4n) is 8.83. The maximum absolute atomic E-state index is 10.2. The smallest absolute Gasteiger partial charge is 0.0577 e. The van der Waals surface area contributed by atoms with Crippen molar-refractivity contribution in [3.63, 3.8) is 0 Å². The molecule has 0 aromatic carbocycles. The molecule has 170 valence electrons. The summed E-state index contributed by atoms with van der Waals surface area (Å²) in [5.41, 5.74) is 2.51. The molecule has 4 aliphatic carbocycles. The van der Waals surface area contributed by atoms with Crippen molar-refractivity contribution in [1.82, 2.24) is 0 Å². The minimum absolute atomic E-state index is 0.0870. The van der Waals surface area contributed by atoms with Gasteiger partial charge in [0.15, 0.2) is 0 Å². The van der Waals surface area contributed by atoms with E-state index in [1.165, 1.54) is 44.9 Å². The second kappa shape index (κ2) is 8.42. The predicted octanol–water partition coefficient (Wildman–Crippen LogP) is 7.80. The second-order valence-electron chi connectivity index (χ2n) is 12.4. The molecule has 0 saturated heterocycles. The molecule has 0 amide bonds. The quantitative estimate of drug-likeness (QED) is 0.457. The van der Waals surface area contributed by atoms with Crippen molar-refractivity contribution >= 4 is 0 Å². The molecule has 1 nitrogen and oxygen atoms in total. The van der Waals surface area contributed by atoms with Gasteiger partial charge in [-0.15, -0.1) is 0 Å². The van der Waals surface area contributed by atoms with Crippen molar-refractivity contribution in [2.24, 2.45) is 52.3 Å². The van der Waals surface area contributed by atoms with Crippen molar-refractivity contribution in [3.05, 3.63) is 23.8 Å².